The van der Waals surface area contributed by atoms with E-state index in [0.717, 1.165) is 24.0 Å². The van der Waals surface area contributed by atoms with E-state index in [1.807, 2.05) is 65.0 Å². The van der Waals surface area contributed by atoms with Crippen LogP contribution in [0.2, 0.25) is 0 Å². The van der Waals surface area contributed by atoms with Crippen LogP contribution in [-0.4, -0.2) is 134 Å². The molecule has 3 heterocycles. The van der Waals surface area contributed by atoms with Gasteiger partial charge >= 0.3 is 5.97 Å². The Morgan fingerprint density at radius 2 is 1.57 bits per heavy atom. The highest BCUT2D eigenvalue weighted by Crippen LogP contribution is 2.38. The van der Waals surface area contributed by atoms with E-state index in [9.17, 15) is 34.2 Å². The van der Waals surface area contributed by atoms with Crippen molar-refractivity contribution in [1.82, 2.24) is 4.90 Å². The van der Waals surface area contributed by atoms with Gasteiger partial charge in [0.15, 0.2) is 5.78 Å². The van der Waals surface area contributed by atoms with Gasteiger partial charge in [0.25, 0.3) is 11.7 Å². The standard InChI is InChI=1S/C54H85NO13/c1-33-17-13-12-14-18-34(2)46(63-9)31-42-22-20-39(7)54(62,68-42)51(59)52(60)55-24-16-15-19-43(55)53(61)67-47(37(5)29-41-21-23-45(66-26-25-56)48(30-41)64-10)32-44(57)36(4)28-35(3)40(8)50(65-11)49(58)38(6)27-33/h12-14,17-18,28,33,36-43,45-48,50,56,62H,15-16,19-27,29-32H2,1-11H3/b14-12?,17-13+,34-18?,35-28-. The number of nitrogens with zero attached hydrogens (tertiary/aromatic N) is 1. The van der Waals surface area contributed by atoms with Gasteiger partial charge in [-0.3, -0.25) is 19.2 Å². The van der Waals surface area contributed by atoms with Crippen LogP contribution < -0.4 is 0 Å². The minimum Gasteiger partial charge on any atom is -0.460 e. The second-order valence-electron chi connectivity index (χ2n) is 20.5. The molecule has 2 saturated heterocycles. The predicted molar refractivity (Wildman–Crippen MR) is 259 cm³/mol. The third-order valence-electron chi connectivity index (χ3n) is 15.3. The average Bonchev–Trinajstić information content (AvgIpc) is 3.32. The normalized spacial score (nSPS) is 37.9. The lowest BCUT2D eigenvalue weighted by Crippen LogP contribution is -2.61. The van der Waals surface area contributed by atoms with Crippen molar-refractivity contribution in [2.24, 2.45) is 41.4 Å². The summed E-state index contributed by atoms with van der Waals surface area (Å²) in [6.07, 6.45) is 14.8. The van der Waals surface area contributed by atoms with Gasteiger partial charge < -0.3 is 43.5 Å². The first kappa shape index (κ1) is 57.2. The van der Waals surface area contributed by atoms with Gasteiger partial charge in [0.2, 0.25) is 5.79 Å². The first-order valence-electron chi connectivity index (χ1n) is 25.3. The first-order chi connectivity index (χ1) is 32.3. The summed E-state index contributed by atoms with van der Waals surface area (Å²) < 4.78 is 35.9. The van der Waals surface area contributed by atoms with E-state index in [2.05, 4.69) is 13.0 Å². The van der Waals surface area contributed by atoms with Crippen LogP contribution in [0, 0.1) is 41.4 Å². The number of piperidine rings is 1. The number of ketones is 3. The number of aliphatic hydroxyl groups excluding tert-OH is 1. The number of hydrogen-bond donors (Lipinski definition) is 2. The number of cyclic esters (lactones) is 1. The number of allylic oxidation sites excluding steroid dienone is 6. The third-order valence-corrected chi connectivity index (χ3v) is 15.3. The third kappa shape index (κ3) is 15.3. The molecule has 4 rings (SSSR count). The molecule has 3 aliphatic heterocycles. The molecule has 4 aliphatic rings. The van der Waals surface area contributed by atoms with Crippen molar-refractivity contribution < 1.29 is 62.6 Å². The lowest BCUT2D eigenvalue weighted by atomic mass is 9.78. The Kier molecular flexibility index (Phi) is 23.0. The molecular formula is C54H85NO13. The first-order valence-corrected chi connectivity index (χ1v) is 25.3. The molecule has 3 fully saturated rings. The predicted octanol–water partition coefficient (Wildman–Crippen LogP) is 7.47. The van der Waals surface area contributed by atoms with Crippen molar-refractivity contribution in [3.8, 4) is 0 Å². The number of ether oxygens (including phenoxy) is 6. The smallest absolute Gasteiger partial charge is 0.329 e. The second kappa shape index (κ2) is 27.3. The van der Waals surface area contributed by atoms with Gasteiger partial charge in [-0.2, -0.15) is 0 Å². The molecule has 2 N–H and O–H groups in total. The van der Waals surface area contributed by atoms with Gasteiger partial charge in [0, 0.05) is 64.4 Å². The Labute approximate surface area is 406 Å². The highest BCUT2D eigenvalue weighted by Gasteiger charge is 2.53. The average molecular weight is 956 g/mol. The van der Waals surface area contributed by atoms with Gasteiger partial charge in [-0.25, -0.2) is 4.79 Å². The fourth-order valence-corrected chi connectivity index (χ4v) is 10.7. The van der Waals surface area contributed by atoms with Crippen LogP contribution in [0.25, 0.3) is 0 Å². The summed E-state index contributed by atoms with van der Waals surface area (Å²) in [6.45, 7) is 15.5. The summed E-state index contributed by atoms with van der Waals surface area (Å²) in [5.41, 5.74) is 1.73. The molecule has 0 radical (unpaired) electrons. The number of rotatable bonds is 9. The monoisotopic (exact) mass is 956 g/mol. The summed E-state index contributed by atoms with van der Waals surface area (Å²) in [6, 6.07) is -1.11. The minimum absolute atomic E-state index is 0.00654. The zero-order chi connectivity index (χ0) is 50.3. The Balaban J connectivity index is 1.70. The molecule has 0 aromatic rings. The molecule has 0 spiro atoms. The molecule has 1 amide bonds. The van der Waals surface area contributed by atoms with Crippen molar-refractivity contribution in [2.75, 3.05) is 41.1 Å². The molecule has 15 atom stereocenters. The fourth-order valence-electron chi connectivity index (χ4n) is 10.7. The van der Waals surface area contributed by atoms with Gasteiger partial charge in [-0.1, -0.05) is 83.6 Å². The SMILES string of the molecule is COC1CC2CCC(C)C(O)(O2)C(=O)C(=O)N2CCCCC2C(=O)OC(C(C)CC2CCC(OCCO)C(OC)C2)CC(=O)C(C)/C=C(/C)C(C)C(OC)C(=O)C(C)CC(C)/C=C/C=CC=C1C. The van der Waals surface area contributed by atoms with E-state index in [1.54, 1.807) is 28.1 Å². The number of Topliss-reactive ketones (excluding diaryl/α,β-unsaturated/α-hetero) is 3. The molecule has 15 unspecified atom stereocenters. The zero-order valence-corrected chi connectivity index (χ0v) is 43.0. The van der Waals surface area contributed by atoms with Gasteiger partial charge in [0.1, 0.15) is 24.0 Å². The van der Waals surface area contributed by atoms with Gasteiger partial charge in [-0.15, -0.1) is 0 Å². The molecule has 0 aromatic carbocycles. The van der Waals surface area contributed by atoms with E-state index in [4.69, 9.17) is 28.4 Å². The number of methoxy groups -OCH3 is 3. The Hall–Kier alpha value is -3.37. The van der Waals surface area contributed by atoms with Crippen molar-refractivity contribution in [2.45, 2.75) is 181 Å². The van der Waals surface area contributed by atoms with Crippen molar-refractivity contribution in [3.63, 3.8) is 0 Å². The van der Waals surface area contributed by atoms with E-state index >= 15 is 0 Å². The van der Waals surface area contributed by atoms with E-state index in [-0.39, 0.29) is 86.0 Å². The summed E-state index contributed by atoms with van der Waals surface area (Å²) in [7, 11) is 4.78. The topological polar surface area (TPSA) is 184 Å². The van der Waals surface area contributed by atoms with Gasteiger partial charge in [0.05, 0.1) is 37.6 Å². The maximum absolute atomic E-state index is 14.5. The number of esters is 1. The quantitative estimate of drug-likeness (QED) is 0.132. The number of carbonyl (C=O) groups excluding carboxylic acids is 5. The molecule has 1 aliphatic carbocycles. The molecule has 1 saturated carbocycles. The number of carbonyl (C=O) groups is 5. The number of amides is 1. The van der Waals surface area contributed by atoms with Crippen LogP contribution in [0.5, 0.6) is 0 Å². The molecule has 14 nitrogen and oxygen atoms in total. The van der Waals surface area contributed by atoms with Crippen LogP contribution >= 0.6 is 0 Å². The highest BCUT2D eigenvalue weighted by atomic mass is 16.6. The summed E-state index contributed by atoms with van der Waals surface area (Å²) in [5.74, 6) is -7.32. The molecule has 68 heavy (non-hydrogen) atoms. The number of hydrogen-bond acceptors (Lipinski definition) is 13. The van der Waals surface area contributed by atoms with Crippen molar-refractivity contribution in [1.29, 1.82) is 0 Å². The minimum atomic E-state index is -2.42. The summed E-state index contributed by atoms with van der Waals surface area (Å²) in [5, 5.41) is 21.3. The maximum atomic E-state index is 14.5. The van der Waals surface area contributed by atoms with Crippen LogP contribution in [0.4, 0.5) is 0 Å². The summed E-state index contributed by atoms with van der Waals surface area (Å²) >= 11 is 0. The Morgan fingerprint density at radius 1 is 0.838 bits per heavy atom. The molecule has 384 valence electrons. The van der Waals surface area contributed by atoms with Crippen molar-refractivity contribution >= 4 is 29.2 Å². The molecular weight excluding hydrogens is 871 g/mol. The van der Waals surface area contributed by atoms with Crippen LogP contribution in [0.1, 0.15) is 132 Å². The molecule has 2 bridgehead atoms. The van der Waals surface area contributed by atoms with E-state index in [0.29, 0.717) is 51.4 Å². The van der Waals surface area contributed by atoms with E-state index < -0.39 is 65.7 Å². The Morgan fingerprint density at radius 3 is 2.25 bits per heavy atom. The zero-order valence-electron chi connectivity index (χ0n) is 43.0. The van der Waals surface area contributed by atoms with Gasteiger partial charge in [-0.05, 0) is 101 Å². The number of fused-ring (bicyclic) bond motifs is 3. The Bertz CT molecular complexity index is 1810. The summed E-state index contributed by atoms with van der Waals surface area (Å²) in [4.78, 5) is 72.5. The lowest BCUT2D eigenvalue weighted by molar-refractivity contribution is -0.265. The lowest BCUT2D eigenvalue weighted by Gasteiger charge is -2.42. The maximum Gasteiger partial charge on any atom is 0.329 e. The van der Waals surface area contributed by atoms with E-state index in [1.165, 1.54) is 12.0 Å². The molecule has 0 aromatic heterocycles. The second-order valence-corrected chi connectivity index (χ2v) is 20.5. The number of aliphatic hydroxyl groups is 2. The fraction of sp³-hybridized carbons (Fsp3) is 0.759. The highest BCUT2D eigenvalue weighted by molar-refractivity contribution is 6.39. The molecule has 14 heteroatoms. The van der Waals surface area contributed by atoms with Crippen LogP contribution in [0.3, 0.4) is 0 Å². The van der Waals surface area contributed by atoms with Crippen LogP contribution in [0.15, 0.2) is 47.6 Å². The largest absolute Gasteiger partial charge is 0.460 e. The van der Waals surface area contributed by atoms with Crippen LogP contribution in [-0.2, 0) is 52.4 Å². The van der Waals surface area contributed by atoms with Crippen molar-refractivity contribution in [3.05, 3.63) is 47.6 Å².